The van der Waals surface area contributed by atoms with E-state index in [0.29, 0.717) is 0 Å². The molecule has 0 fully saturated rings. The molecule has 0 bridgehead atoms. The third-order valence-electron chi connectivity index (χ3n) is 0.688. The van der Waals surface area contributed by atoms with Crippen molar-refractivity contribution in [3.63, 3.8) is 0 Å². The fourth-order valence-corrected chi connectivity index (χ4v) is 0.346. The van der Waals surface area contributed by atoms with Crippen molar-refractivity contribution in [3.05, 3.63) is 12.3 Å². The maximum absolute atomic E-state index is 10.1. The van der Waals surface area contributed by atoms with Crippen molar-refractivity contribution < 1.29 is 10.2 Å². The largest absolute Gasteiger partial charge is 0.869 e. The summed E-state index contributed by atoms with van der Waals surface area (Å²) in [5.41, 5.74) is 0. The highest BCUT2D eigenvalue weighted by molar-refractivity contribution is 5.28. The molecule has 0 spiro atoms. The van der Waals surface area contributed by atoms with Crippen molar-refractivity contribution in [3.8, 4) is 11.6 Å². The highest BCUT2D eigenvalue weighted by Gasteiger charge is 1.82. The number of hydrogen-bond acceptors (Lipinski definition) is 2. The van der Waals surface area contributed by atoms with Crippen LogP contribution in [-0.4, -0.2) is 10.1 Å². The Kier molecular flexibility index (Phi) is 0.685. The van der Waals surface area contributed by atoms with Crippen LogP contribution in [0.2, 0.25) is 0 Å². The lowest BCUT2D eigenvalue weighted by Crippen LogP contribution is -1.84. The molecule has 0 amide bonds. The van der Waals surface area contributed by atoms with Gasteiger partial charge in [0.2, 0.25) is 0 Å². The minimum atomic E-state index is -0.361. The molecular formula is C4H4NO2-. The molecule has 0 aliphatic carbocycles. The molecule has 1 heterocycles. The van der Waals surface area contributed by atoms with Crippen LogP contribution in [0.4, 0.5) is 0 Å². The lowest BCUT2D eigenvalue weighted by Gasteiger charge is -1.96. The van der Waals surface area contributed by atoms with E-state index >= 15 is 0 Å². The van der Waals surface area contributed by atoms with E-state index in [9.17, 15) is 5.11 Å². The minimum absolute atomic E-state index is 0.292. The molecule has 0 aromatic carbocycles. The van der Waals surface area contributed by atoms with Crippen LogP contribution in [0.25, 0.3) is 0 Å². The lowest BCUT2D eigenvalue weighted by molar-refractivity contribution is -0.270. The fraction of sp³-hybridized carbons (Fsp3) is 0. The van der Waals surface area contributed by atoms with E-state index in [-0.39, 0.29) is 11.6 Å². The average Bonchev–Trinajstić information content (AvgIpc) is 1.91. The maximum Gasteiger partial charge on any atom is 0.180 e. The van der Waals surface area contributed by atoms with Crippen molar-refractivity contribution in [2.24, 2.45) is 0 Å². The number of H-pyrrole nitrogens is 1. The van der Waals surface area contributed by atoms with Crippen LogP contribution in [0.1, 0.15) is 0 Å². The fourth-order valence-electron chi connectivity index (χ4n) is 0.346. The Balaban J connectivity index is 3.12. The molecule has 2 N–H and O–H groups in total. The molecule has 1 rings (SSSR count). The molecule has 3 nitrogen and oxygen atoms in total. The van der Waals surface area contributed by atoms with Gasteiger partial charge in [0.1, 0.15) is 0 Å². The second-order valence-corrected chi connectivity index (χ2v) is 1.19. The molecule has 7 heavy (non-hydrogen) atoms. The summed E-state index contributed by atoms with van der Waals surface area (Å²) < 4.78 is 0. The molecule has 1 aromatic heterocycles. The first-order chi connectivity index (χ1) is 3.30. The Bertz CT molecular complexity index is 142. The van der Waals surface area contributed by atoms with E-state index in [4.69, 9.17) is 5.11 Å². The first kappa shape index (κ1) is 4.05. The SMILES string of the molecule is [O-]c1cc[nH]c1O. The van der Waals surface area contributed by atoms with Gasteiger partial charge in [0, 0.05) is 6.20 Å². The molecule has 0 aliphatic heterocycles. The summed E-state index contributed by atoms with van der Waals surface area (Å²) in [7, 11) is 0. The molecule has 0 saturated carbocycles. The van der Waals surface area contributed by atoms with E-state index in [1.54, 1.807) is 0 Å². The number of hydrogen-bond donors (Lipinski definition) is 2. The normalized spacial score (nSPS) is 9.14. The number of rotatable bonds is 0. The van der Waals surface area contributed by atoms with Gasteiger partial charge >= 0.3 is 0 Å². The number of aromatic hydroxyl groups is 1. The molecule has 0 aliphatic rings. The molecule has 0 radical (unpaired) electrons. The molecular weight excluding hydrogens is 94.0 g/mol. The molecule has 0 saturated heterocycles. The van der Waals surface area contributed by atoms with Gasteiger partial charge in [-0.2, -0.15) is 0 Å². The van der Waals surface area contributed by atoms with Gasteiger partial charge in [0.25, 0.3) is 0 Å². The van der Waals surface area contributed by atoms with Gasteiger partial charge in [-0.15, -0.1) is 0 Å². The quantitative estimate of drug-likeness (QED) is 0.471. The van der Waals surface area contributed by atoms with Crippen molar-refractivity contribution in [2.75, 3.05) is 0 Å². The Hall–Kier alpha value is -1.12. The number of aromatic nitrogens is 1. The van der Waals surface area contributed by atoms with Gasteiger partial charge in [-0.3, -0.25) is 0 Å². The minimum Gasteiger partial charge on any atom is -0.869 e. The predicted molar refractivity (Wildman–Crippen MR) is 21.9 cm³/mol. The van der Waals surface area contributed by atoms with Gasteiger partial charge in [-0.05, 0) is 11.8 Å². The monoisotopic (exact) mass is 98.0 g/mol. The highest BCUT2D eigenvalue weighted by atomic mass is 16.3. The van der Waals surface area contributed by atoms with E-state index in [0.717, 1.165) is 0 Å². The van der Waals surface area contributed by atoms with Crippen LogP contribution >= 0.6 is 0 Å². The zero-order valence-corrected chi connectivity index (χ0v) is 3.51. The Labute approximate surface area is 40.2 Å². The summed E-state index contributed by atoms with van der Waals surface area (Å²) in [6.07, 6.45) is 1.39. The third kappa shape index (κ3) is 0.513. The molecule has 1 aromatic rings. The molecule has 0 atom stereocenters. The standard InChI is InChI=1S/C4H5NO2/c6-3-1-2-5-4(3)7/h1-2,5-7H/p-1. The summed E-state index contributed by atoms with van der Waals surface area (Å²) in [5, 5.41) is 18.5. The smallest absolute Gasteiger partial charge is 0.180 e. The Morgan fingerprint density at radius 3 is 2.57 bits per heavy atom. The summed E-state index contributed by atoms with van der Waals surface area (Å²) >= 11 is 0. The average molecular weight is 98.1 g/mol. The second kappa shape index (κ2) is 1.18. The van der Waals surface area contributed by atoms with Crippen LogP contribution in [0, 0.1) is 0 Å². The first-order valence-electron chi connectivity index (χ1n) is 1.84. The highest BCUT2D eigenvalue weighted by Crippen LogP contribution is 2.15. The van der Waals surface area contributed by atoms with Crippen LogP contribution < -0.4 is 5.11 Å². The summed E-state index contributed by atoms with van der Waals surface area (Å²) in [5.74, 6) is -0.653. The van der Waals surface area contributed by atoms with Crippen LogP contribution in [-0.2, 0) is 0 Å². The van der Waals surface area contributed by atoms with Crippen molar-refractivity contribution in [2.45, 2.75) is 0 Å². The van der Waals surface area contributed by atoms with E-state index in [1.165, 1.54) is 12.3 Å². The summed E-state index contributed by atoms with van der Waals surface area (Å²) in [6.45, 7) is 0. The molecule has 38 valence electrons. The number of nitrogens with one attached hydrogen (secondary N) is 1. The summed E-state index contributed by atoms with van der Waals surface area (Å²) in [4.78, 5) is 2.31. The van der Waals surface area contributed by atoms with Crippen LogP contribution in [0.5, 0.6) is 11.6 Å². The lowest BCUT2D eigenvalue weighted by atomic mass is 10.6. The van der Waals surface area contributed by atoms with Crippen molar-refractivity contribution in [1.82, 2.24) is 4.98 Å². The van der Waals surface area contributed by atoms with Gasteiger partial charge in [-0.1, -0.05) is 0 Å². The zero-order valence-electron chi connectivity index (χ0n) is 3.51. The molecule has 3 heteroatoms. The first-order valence-corrected chi connectivity index (χ1v) is 1.84. The van der Waals surface area contributed by atoms with Gasteiger partial charge in [0.05, 0.1) is 0 Å². The van der Waals surface area contributed by atoms with Gasteiger partial charge in [0.15, 0.2) is 5.88 Å². The number of aromatic amines is 1. The Morgan fingerprint density at radius 2 is 2.43 bits per heavy atom. The third-order valence-corrected chi connectivity index (χ3v) is 0.688. The maximum atomic E-state index is 10.1. The van der Waals surface area contributed by atoms with Crippen molar-refractivity contribution in [1.29, 1.82) is 0 Å². The van der Waals surface area contributed by atoms with Gasteiger partial charge in [-0.25, -0.2) is 0 Å². The second-order valence-electron chi connectivity index (χ2n) is 1.19. The van der Waals surface area contributed by atoms with Crippen molar-refractivity contribution >= 4 is 0 Å². The van der Waals surface area contributed by atoms with E-state index in [1.807, 2.05) is 0 Å². The topological polar surface area (TPSA) is 59.1 Å². The Morgan fingerprint density at radius 1 is 1.71 bits per heavy atom. The zero-order chi connectivity index (χ0) is 5.28. The van der Waals surface area contributed by atoms with E-state index in [2.05, 4.69) is 4.98 Å². The summed E-state index contributed by atoms with van der Waals surface area (Å²) in [6, 6.07) is 1.26. The predicted octanol–water partition coefficient (Wildman–Crippen LogP) is -0.206. The molecule has 0 unspecified atom stereocenters. The van der Waals surface area contributed by atoms with E-state index < -0.39 is 0 Å². The van der Waals surface area contributed by atoms with Crippen LogP contribution in [0.3, 0.4) is 0 Å². The van der Waals surface area contributed by atoms with Crippen LogP contribution in [0.15, 0.2) is 12.3 Å². The van der Waals surface area contributed by atoms with Gasteiger partial charge < -0.3 is 15.2 Å².